The van der Waals surface area contributed by atoms with Crippen LogP contribution in [0.1, 0.15) is 58.8 Å². The average Bonchev–Trinajstić information content (AvgIpc) is 2.54. The van der Waals surface area contributed by atoms with Crippen LogP contribution in [0.5, 0.6) is 0 Å². The summed E-state index contributed by atoms with van der Waals surface area (Å²) in [4.78, 5) is 0. The van der Waals surface area contributed by atoms with Crippen LogP contribution in [0.2, 0.25) is 0 Å². The summed E-state index contributed by atoms with van der Waals surface area (Å²) in [5.74, 6) is 3.67. The summed E-state index contributed by atoms with van der Waals surface area (Å²) < 4.78 is 0. The molecule has 0 aromatic rings. The molecule has 0 saturated heterocycles. The molecule has 86 valence electrons. The number of hydrogen-bond acceptors (Lipinski definition) is 1. The Hall–Kier alpha value is -0.480. The number of rotatable bonds is 4. The zero-order chi connectivity index (χ0) is 11.1. The Balaban J connectivity index is 2.37. The molecule has 1 rings (SSSR count). The number of terminal acetylenes is 1. The van der Waals surface area contributed by atoms with Gasteiger partial charge in [0.15, 0.2) is 0 Å². The summed E-state index contributed by atoms with van der Waals surface area (Å²) >= 11 is 0. The number of nitrogens with one attached hydrogen (secondary N) is 1. The van der Waals surface area contributed by atoms with Gasteiger partial charge in [0.1, 0.15) is 0 Å². The number of hydrogen-bond donors (Lipinski definition) is 1. The van der Waals surface area contributed by atoms with Gasteiger partial charge in [-0.2, -0.15) is 0 Å². The van der Waals surface area contributed by atoms with E-state index in [0.717, 1.165) is 12.3 Å². The normalized spacial score (nSPS) is 22.7. The summed E-state index contributed by atoms with van der Waals surface area (Å²) in [5, 5.41) is 3.58. The average molecular weight is 207 g/mol. The molecule has 0 heterocycles. The minimum atomic E-state index is 0.267. The van der Waals surface area contributed by atoms with E-state index in [-0.39, 0.29) is 6.04 Å². The van der Waals surface area contributed by atoms with E-state index in [1.807, 2.05) is 0 Å². The molecule has 0 aromatic heterocycles. The topological polar surface area (TPSA) is 12.0 Å². The molecule has 0 amide bonds. The van der Waals surface area contributed by atoms with Gasteiger partial charge in [-0.3, -0.25) is 0 Å². The zero-order valence-electron chi connectivity index (χ0n) is 10.3. The summed E-state index contributed by atoms with van der Waals surface area (Å²) in [5.41, 5.74) is 0. The van der Waals surface area contributed by atoms with E-state index in [4.69, 9.17) is 6.42 Å². The lowest BCUT2D eigenvalue weighted by atomic mass is 9.92. The molecule has 1 unspecified atom stereocenters. The molecule has 1 fully saturated rings. The van der Waals surface area contributed by atoms with Gasteiger partial charge in [-0.05, 0) is 32.1 Å². The Kier molecular flexibility index (Phi) is 5.79. The first-order valence-electron chi connectivity index (χ1n) is 6.50. The van der Waals surface area contributed by atoms with Gasteiger partial charge in [0.2, 0.25) is 0 Å². The van der Waals surface area contributed by atoms with Crippen molar-refractivity contribution in [1.82, 2.24) is 5.32 Å². The van der Waals surface area contributed by atoms with Crippen LogP contribution >= 0.6 is 0 Å². The van der Waals surface area contributed by atoms with Crippen LogP contribution in [-0.2, 0) is 0 Å². The fourth-order valence-electron chi connectivity index (χ4n) is 2.55. The SMILES string of the molecule is C#CC(CC)N[C@@H](C)C1CCCCCC1. The summed E-state index contributed by atoms with van der Waals surface area (Å²) in [6.07, 6.45) is 14.9. The highest BCUT2D eigenvalue weighted by Gasteiger charge is 2.20. The van der Waals surface area contributed by atoms with E-state index in [0.29, 0.717) is 6.04 Å². The molecule has 0 aromatic carbocycles. The standard InChI is InChI=1S/C14H25N/c1-4-14(5-2)15-12(3)13-10-8-6-7-9-11-13/h1,12-15H,5-11H2,2-3H3/t12-,14?/m0/s1. The van der Waals surface area contributed by atoms with Crippen molar-refractivity contribution < 1.29 is 0 Å². The van der Waals surface area contributed by atoms with Crippen LogP contribution in [0.4, 0.5) is 0 Å². The molecule has 0 spiro atoms. The second kappa shape index (κ2) is 6.90. The summed E-state index contributed by atoms with van der Waals surface area (Å²) in [6.45, 7) is 4.45. The first kappa shape index (κ1) is 12.6. The fraction of sp³-hybridized carbons (Fsp3) is 0.857. The third-order valence-corrected chi connectivity index (χ3v) is 3.68. The van der Waals surface area contributed by atoms with Gasteiger partial charge in [-0.15, -0.1) is 6.42 Å². The van der Waals surface area contributed by atoms with Crippen molar-refractivity contribution in [3.63, 3.8) is 0 Å². The van der Waals surface area contributed by atoms with Crippen molar-refractivity contribution >= 4 is 0 Å². The largest absolute Gasteiger partial charge is 0.301 e. The van der Waals surface area contributed by atoms with E-state index < -0.39 is 0 Å². The molecular weight excluding hydrogens is 182 g/mol. The Morgan fingerprint density at radius 1 is 1.27 bits per heavy atom. The van der Waals surface area contributed by atoms with Crippen LogP contribution in [-0.4, -0.2) is 12.1 Å². The third-order valence-electron chi connectivity index (χ3n) is 3.68. The Morgan fingerprint density at radius 2 is 1.87 bits per heavy atom. The van der Waals surface area contributed by atoms with Crippen molar-refractivity contribution in [3.05, 3.63) is 0 Å². The van der Waals surface area contributed by atoms with Crippen LogP contribution in [0, 0.1) is 18.3 Å². The van der Waals surface area contributed by atoms with Gasteiger partial charge >= 0.3 is 0 Å². The maximum Gasteiger partial charge on any atom is 0.0686 e. The van der Waals surface area contributed by atoms with Gasteiger partial charge in [0, 0.05) is 6.04 Å². The second-order valence-electron chi connectivity index (χ2n) is 4.83. The lowest BCUT2D eigenvalue weighted by Gasteiger charge is -2.26. The third kappa shape index (κ3) is 4.26. The van der Waals surface area contributed by atoms with E-state index in [9.17, 15) is 0 Å². The molecule has 1 aliphatic rings. The van der Waals surface area contributed by atoms with Crippen molar-refractivity contribution in [2.75, 3.05) is 0 Å². The van der Waals surface area contributed by atoms with E-state index in [1.54, 1.807) is 0 Å². The fourth-order valence-corrected chi connectivity index (χ4v) is 2.55. The predicted octanol–water partition coefficient (Wildman–Crippen LogP) is 3.35. The molecule has 1 aliphatic carbocycles. The van der Waals surface area contributed by atoms with E-state index in [2.05, 4.69) is 25.1 Å². The van der Waals surface area contributed by atoms with Crippen molar-refractivity contribution in [1.29, 1.82) is 0 Å². The Bertz CT molecular complexity index is 196. The quantitative estimate of drug-likeness (QED) is 0.550. The Morgan fingerprint density at radius 3 is 2.33 bits per heavy atom. The predicted molar refractivity (Wildman–Crippen MR) is 66.7 cm³/mol. The van der Waals surface area contributed by atoms with Gasteiger partial charge < -0.3 is 5.32 Å². The van der Waals surface area contributed by atoms with Crippen molar-refractivity contribution in [2.45, 2.75) is 70.9 Å². The molecular formula is C14H25N. The molecule has 1 nitrogen and oxygen atoms in total. The molecule has 0 radical (unpaired) electrons. The summed E-state index contributed by atoms with van der Waals surface area (Å²) in [7, 11) is 0. The molecule has 1 N–H and O–H groups in total. The van der Waals surface area contributed by atoms with Crippen LogP contribution in [0.3, 0.4) is 0 Å². The maximum atomic E-state index is 5.48. The smallest absolute Gasteiger partial charge is 0.0686 e. The first-order valence-corrected chi connectivity index (χ1v) is 6.50. The highest BCUT2D eigenvalue weighted by molar-refractivity contribution is 4.99. The highest BCUT2D eigenvalue weighted by atomic mass is 14.9. The van der Waals surface area contributed by atoms with Gasteiger partial charge in [-0.1, -0.05) is 38.5 Å². The minimum Gasteiger partial charge on any atom is -0.301 e. The van der Waals surface area contributed by atoms with Crippen LogP contribution in [0.25, 0.3) is 0 Å². The lowest BCUT2D eigenvalue weighted by molar-refractivity contribution is 0.324. The lowest BCUT2D eigenvalue weighted by Crippen LogP contribution is -2.39. The van der Waals surface area contributed by atoms with Crippen molar-refractivity contribution in [3.8, 4) is 12.3 Å². The van der Waals surface area contributed by atoms with Gasteiger partial charge in [-0.25, -0.2) is 0 Å². The summed E-state index contributed by atoms with van der Waals surface area (Å²) in [6, 6.07) is 0.854. The second-order valence-corrected chi connectivity index (χ2v) is 4.83. The van der Waals surface area contributed by atoms with Crippen molar-refractivity contribution in [2.24, 2.45) is 5.92 Å². The maximum absolute atomic E-state index is 5.48. The monoisotopic (exact) mass is 207 g/mol. The zero-order valence-corrected chi connectivity index (χ0v) is 10.3. The minimum absolute atomic E-state index is 0.267. The van der Waals surface area contributed by atoms with E-state index in [1.165, 1.54) is 38.5 Å². The Labute approximate surface area is 95.0 Å². The molecule has 2 atom stereocenters. The van der Waals surface area contributed by atoms with Gasteiger partial charge in [0.05, 0.1) is 6.04 Å². The van der Waals surface area contributed by atoms with Gasteiger partial charge in [0.25, 0.3) is 0 Å². The van der Waals surface area contributed by atoms with Crippen LogP contribution in [0.15, 0.2) is 0 Å². The molecule has 15 heavy (non-hydrogen) atoms. The molecule has 0 bridgehead atoms. The molecule has 0 aliphatic heterocycles. The molecule has 1 heteroatoms. The first-order chi connectivity index (χ1) is 7.27. The van der Waals surface area contributed by atoms with E-state index >= 15 is 0 Å². The van der Waals surface area contributed by atoms with Crippen LogP contribution < -0.4 is 5.32 Å². The molecule has 1 saturated carbocycles. The highest BCUT2D eigenvalue weighted by Crippen LogP contribution is 2.25.